The van der Waals surface area contributed by atoms with Gasteiger partial charge in [0.25, 0.3) is 0 Å². The topological polar surface area (TPSA) is 20.2 Å². The molecule has 2 rings (SSSR count). The zero-order valence-corrected chi connectivity index (χ0v) is 11.9. The van der Waals surface area contributed by atoms with Crippen molar-refractivity contribution in [1.29, 1.82) is 0 Å². The number of hydrogen-bond acceptors (Lipinski definition) is 1. The Balaban J connectivity index is 2.61. The zero-order valence-electron chi connectivity index (χ0n) is 9.62. The van der Waals surface area contributed by atoms with Crippen LogP contribution < -0.4 is 0 Å². The summed E-state index contributed by atoms with van der Waals surface area (Å²) in [6.45, 7) is 1.64. The van der Waals surface area contributed by atoms with Gasteiger partial charge in [-0.15, -0.1) is 0 Å². The molecule has 0 fully saturated rings. The van der Waals surface area contributed by atoms with E-state index in [0.29, 0.717) is 26.2 Å². The van der Waals surface area contributed by atoms with Crippen molar-refractivity contribution in [3.63, 3.8) is 0 Å². The normalized spacial score (nSPS) is 14.3. The summed E-state index contributed by atoms with van der Waals surface area (Å²) in [5, 5.41) is 12.2. The van der Waals surface area contributed by atoms with E-state index in [9.17, 15) is 5.11 Å². The zero-order chi connectivity index (χ0) is 13.3. The number of halogens is 3. The van der Waals surface area contributed by atoms with E-state index in [2.05, 4.69) is 0 Å². The van der Waals surface area contributed by atoms with E-state index < -0.39 is 5.60 Å². The first-order chi connectivity index (χ1) is 8.43. The summed E-state index contributed by atoms with van der Waals surface area (Å²) in [4.78, 5) is 0. The predicted molar refractivity (Wildman–Crippen MR) is 76.6 cm³/mol. The highest BCUT2D eigenvalue weighted by Crippen LogP contribution is 2.38. The second kappa shape index (κ2) is 5.10. The third-order valence-electron chi connectivity index (χ3n) is 2.85. The van der Waals surface area contributed by atoms with Gasteiger partial charge in [0, 0.05) is 26.2 Å². The number of aliphatic hydroxyl groups is 1. The lowest BCUT2D eigenvalue weighted by Gasteiger charge is -2.26. The Hall–Kier alpha value is -0.730. The smallest absolute Gasteiger partial charge is 0.115 e. The molecular weight excluding hydrogens is 291 g/mol. The molecule has 2 aromatic carbocycles. The van der Waals surface area contributed by atoms with E-state index in [4.69, 9.17) is 34.8 Å². The van der Waals surface area contributed by atoms with Crippen LogP contribution in [-0.4, -0.2) is 5.11 Å². The molecule has 0 bridgehead atoms. The first-order valence-electron chi connectivity index (χ1n) is 5.36. The Morgan fingerprint density at radius 2 is 1.50 bits per heavy atom. The van der Waals surface area contributed by atoms with Gasteiger partial charge in [-0.05, 0) is 31.2 Å². The molecule has 0 heterocycles. The molecule has 94 valence electrons. The van der Waals surface area contributed by atoms with E-state index in [1.54, 1.807) is 37.3 Å². The van der Waals surface area contributed by atoms with Crippen LogP contribution in [0, 0.1) is 0 Å². The summed E-state index contributed by atoms with van der Waals surface area (Å²) in [6.07, 6.45) is 0. The van der Waals surface area contributed by atoms with Crippen LogP contribution in [0.2, 0.25) is 15.1 Å². The van der Waals surface area contributed by atoms with Crippen molar-refractivity contribution in [3.8, 4) is 0 Å². The Bertz CT molecular complexity index is 579. The van der Waals surface area contributed by atoms with E-state index in [1.165, 1.54) is 0 Å². The van der Waals surface area contributed by atoms with Crippen LogP contribution in [0.15, 0.2) is 42.5 Å². The first kappa shape index (κ1) is 13.7. The number of rotatable bonds is 2. The Kier molecular flexibility index (Phi) is 3.88. The van der Waals surface area contributed by atoms with Gasteiger partial charge >= 0.3 is 0 Å². The van der Waals surface area contributed by atoms with E-state index >= 15 is 0 Å². The van der Waals surface area contributed by atoms with Gasteiger partial charge in [-0.25, -0.2) is 0 Å². The van der Waals surface area contributed by atoms with Crippen LogP contribution in [0.4, 0.5) is 0 Å². The lowest BCUT2D eigenvalue weighted by molar-refractivity contribution is 0.102. The van der Waals surface area contributed by atoms with Crippen molar-refractivity contribution in [2.24, 2.45) is 0 Å². The highest BCUT2D eigenvalue weighted by Gasteiger charge is 2.30. The summed E-state index contributed by atoms with van der Waals surface area (Å²) in [7, 11) is 0. The Morgan fingerprint density at radius 3 is 2.17 bits per heavy atom. The summed E-state index contributed by atoms with van der Waals surface area (Å²) < 4.78 is 0. The van der Waals surface area contributed by atoms with Gasteiger partial charge < -0.3 is 5.11 Å². The molecule has 0 aliphatic carbocycles. The van der Waals surface area contributed by atoms with Gasteiger partial charge in [-0.3, -0.25) is 0 Å². The van der Waals surface area contributed by atoms with Crippen molar-refractivity contribution >= 4 is 34.8 Å². The maximum Gasteiger partial charge on any atom is 0.115 e. The molecule has 2 aromatic rings. The summed E-state index contributed by atoms with van der Waals surface area (Å²) >= 11 is 18.2. The lowest BCUT2D eigenvalue weighted by Crippen LogP contribution is -2.23. The predicted octanol–water partition coefficient (Wildman–Crippen LogP) is 4.90. The minimum atomic E-state index is -1.29. The molecule has 0 aliphatic rings. The SMILES string of the molecule is CC(O)(c1ccccc1Cl)c1cc(Cl)ccc1Cl. The molecule has 1 nitrogen and oxygen atoms in total. The minimum Gasteiger partial charge on any atom is -0.381 e. The first-order valence-corrected chi connectivity index (χ1v) is 6.49. The Morgan fingerprint density at radius 1 is 0.889 bits per heavy atom. The molecular formula is C14H11Cl3O. The quantitative estimate of drug-likeness (QED) is 0.836. The highest BCUT2D eigenvalue weighted by molar-refractivity contribution is 6.34. The van der Waals surface area contributed by atoms with Crippen molar-refractivity contribution in [2.75, 3.05) is 0 Å². The molecule has 1 atom stereocenters. The number of benzene rings is 2. The van der Waals surface area contributed by atoms with Gasteiger partial charge in [0.2, 0.25) is 0 Å². The molecule has 0 amide bonds. The average molecular weight is 302 g/mol. The van der Waals surface area contributed by atoms with Gasteiger partial charge in [0.15, 0.2) is 0 Å². The lowest BCUT2D eigenvalue weighted by atomic mass is 9.88. The van der Waals surface area contributed by atoms with Crippen molar-refractivity contribution in [2.45, 2.75) is 12.5 Å². The third kappa shape index (κ3) is 2.50. The fraction of sp³-hybridized carbons (Fsp3) is 0.143. The molecule has 0 saturated carbocycles. The standard InChI is InChI=1S/C14H11Cl3O/c1-14(18,10-4-2-3-5-12(10)16)11-8-9(15)6-7-13(11)17/h2-8,18H,1H3. The van der Waals surface area contributed by atoms with Crippen LogP contribution in [-0.2, 0) is 5.60 Å². The van der Waals surface area contributed by atoms with Crippen LogP contribution in [0.3, 0.4) is 0 Å². The fourth-order valence-corrected chi connectivity index (χ4v) is 2.67. The molecule has 0 spiro atoms. The molecule has 18 heavy (non-hydrogen) atoms. The molecule has 1 N–H and O–H groups in total. The maximum absolute atomic E-state index is 10.7. The molecule has 1 unspecified atom stereocenters. The average Bonchev–Trinajstić information content (AvgIpc) is 2.32. The van der Waals surface area contributed by atoms with Crippen LogP contribution in [0.1, 0.15) is 18.1 Å². The van der Waals surface area contributed by atoms with Crippen LogP contribution in [0.5, 0.6) is 0 Å². The van der Waals surface area contributed by atoms with E-state index in [0.717, 1.165) is 0 Å². The van der Waals surface area contributed by atoms with Gasteiger partial charge in [0.05, 0.1) is 0 Å². The molecule has 0 aromatic heterocycles. The summed E-state index contributed by atoms with van der Waals surface area (Å²) in [6, 6.07) is 12.1. The fourth-order valence-electron chi connectivity index (χ4n) is 1.87. The highest BCUT2D eigenvalue weighted by atomic mass is 35.5. The molecule has 4 heteroatoms. The molecule has 0 aliphatic heterocycles. The maximum atomic E-state index is 10.7. The summed E-state index contributed by atoms with van der Waals surface area (Å²) in [5.41, 5.74) is -0.166. The van der Waals surface area contributed by atoms with E-state index in [-0.39, 0.29) is 0 Å². The molecule has 0 saturated heterocycles. The monoisotopic (exact) mass is 300 g/mol. The second-order valence-electron chi connectivity index (χ2n) is 4.18. The van der Waals surface area contributed by atoms with Crippen molar-refractivity contribution in [1.82, 2.24) is 0 Å². The largest absolute Gasteiger partial charge is 0.381 e. The van der Waals surface area contributed by atoms with Crippen LogP contribution >= 0.6 is 34.8 Å². The van der Waals surface area contributed by atoms with E-state index in [1.807, 2.05) is 12.1 Å². The van der Waals surface area contributed by atoms with Gasteiger partial charge in [-0.1, -0.05) is 53.0 Å². The third-order valence-corrected chi connectivity index (χ3v) is 3.75. The van der Waals surface area contributed by atoms with Crippen LogP contribution in [0.25, 0.3) is 0 Å². The van der Waals surface area contributed by atoms with Gasteiger partial charge in [0.1, 0.15) is 5.60 Å². The van der Waals surface area contributed by atoms with Crippen molar-refractivity contribution < 1.29 is 5.11 Å². The summed E-state index contributed by atoms with van der Waals surface area (Å²) in [5.74, 6) is 0. The Labute approximate surface area is 121 Å². The minimum absolute atomic E-state index is 0.448. The van der Waals surface area contributed by atoms with Gasteiger partial charge in [-0.2, -0.15) is 0 Å². The second-order valence-corrected chi connectivity index (χ2v) is 5.43. The van der Waals surface area contributed by atoms with Crippen molar-refractivity contribution in [3.05, 3.63) is 68.7 Å². The molecule has 0 radical (unpaired) electrons. The number of hydrogen-bond donors (Lipinski definition) is 1.